The van der Waals surface area contributed by atoms with Gasteiger partial charge in [0.2, 0.25) is 5.91 Å². The van der Waals surface area contributed by atoms with E-state index in [1.165, 1.54) is 0 Å². The predicted molar refractivity (Wildman–Crippen MR) is 69.6 cm³/mol. The highest BCUT2D eigenvalue weighted by atomic mass is 16.5. The van der Waals surface area contributed by atoms with Gasteiger partial charge in [0, 0.05) is 26.1 Å². The van der Waals surface area contributed by atoms with Crippen LogP contribution in [0.25, 0.3) is 0 Å². The summed E-state index contributed by atoms with van der Waals surface area (Å²) in [5, 5.41) is 0. The summed E-state index contributed by atoms with van der Waals surface area (Å²) in [6, 6.07) is 0. The SMILES string of the molecule is CC.CCCCOCCN(C)C(=O)C(C)C. The minimum Gasteiger partial charge on any atom is -0.380 e. The van der Waals surface area contributed by atoms with Gasteiger partial charge in [-0.25, -0.2) is 0 Å². The van der Waals surface area contributed by atoms with Gasteiger partial charge in [-0.2, -0.15) is 0 Å². The van der Waals surface area contributed by atoms with Gasteiger partial charge in [-0.3, -0.25) is 4.79 Å². The quantitative estimate of drug-likeness (QED) is 0.630. The maximum atomic E-state index is 11.4. The molecule has 0 heterocycles. The van der Waals surface area contributed by atoms with Crippen molar-refractivity contribution in [3.8, 4) is 0 Å². The smallest absolute Gasteiger partial charge is 0.224 e. The van der Waals surface area contributed by atoms with Crippen LogP contribution in [0.5, 0.6) is 0 Å². The fraction of sp³-hybridized carbons (Fsp3) is 0.923. The highest BCUT2D eigenvalue weighted by molar-refractivity contribution is 5.77. The maximum absolute atomic E-state index is 11.4. The molecule has 0 aliphatic rings. The summed E-state index contributed by atoms with van der Waals surface area (Å²) in [5.74, 6) is 0.264. The Bertz CT molecular complexity index is 158. The molecule has 1 amide bonds. The van der Waals surface area contributed by atoms with Gasteiger partial charge in [-0.15, -0.1) is 0 Å². The lowest BCUT2D eigenvalue weighted by Crippen LogP contribution is -2.33. The maximum Gasteiger partial charge on any atom is 0.224 e. The third-order valence-electron chi connectivity index (χ3n) is 2.08. The van der Waals surface area contributed by atoms with Crippen molar-refractivity contribution < 1.29 is 9.53 Å². The van der Waals surface area contributed by atoms with E-state index in [4.69, 9.17) is 4.74 Å². The number of rotatable bonds is 7. The number of carbonyl (C=O) groups is 1. The van der Waals surface area contributed by atoms with E-state index >= 15 is 0 Å². The minimum absolute atomic E-state index is 0.0793. The zero-order chi connectivity index (χ0) is 13.0. The first-order valence-electron chi connectivity index (χ1n) is 6.42. The Morgan fingerprint density at radius 1 is 1.25 bits per heavy atom. The minimum atomic E-state index is 0.0793. The topological polar surface area (TPSA) is 29.5 Å². The Morgan fingerprint density at radius 2 is 1.81 bits per heavy atom. The highest BCUT2D eigenvalue weighted by Gasteiger charge is 2.11. The normalized spacial score (nSPS) is 9.69. The van der Waals surface area contributed by atoms with Crippen LogP contribution in [-0.2, 0) is 9.53 Å². The van der Waals surface area contributed by atoms with Crippen LogP contribution in [0.3, 0.4) is 0 Å². The van der Waals surface area contributed by atoms with E-state index in [1.807, 2.05) is 34.7 Å². The lowest BCUT2D eigenvalue weighted by atomic mass is 10.2. The fourth-order valence-corrected chi connectivity index (χ4v) is 1.10. The molecule has 0 unspecified atom stereocenters. The summed E-state index contributed by atoms with van der Waals surface area (Å²) in [4.78, 5) is 13.2. The zero-order valence-corrected chi connectivity index (χ0v) is 11.9. The molecule has 0 N–H and O–H groups in total. The molecule has 98 valence electrons. The molecule has 0 spiro atoms. The van der Waals surface area contributed by atoms with Crippen LogP contribution in [-0.4, -0.2) is 37.6 Å². The summed E-state index contributed by atoms with van der Waals surface area (Å²) in [6.07, 6.45) is 2.25. The van der Waals surface area contributed by atoms with Crippen LogP contribution in [0.1, 0.15) is 47.5 Å². The van der Waals surface area contributed by atoms with Crippen LogP contribution in [0.2, 0.25) is 0 Å². The number of nitrogens with zero attached hydrogens (tertiary/aromatic N) is 1. The molecule has 0 aromatic heterocycles. The second kappa shape index (κ2) is 12.5. The molecule has 0 saturated carbocycles. The van der Waals surface area contributed by atoms with E-state index in [9.17, 15) is 4.79 Å². The average molecular weight is 231 g/mol. The third kappa shape index (κ3) is 9.97. The number of amides is 1. The lowest BCUT2D eigenvalue weighted by Gasteiger charge is -2.19. The van der Waals surface area contributed by atoms with Gasteiger partial charge in [0.1, 0.15) is 0 Å². The van der Waals surface area contributed by atoms with Gasteiger partial charge >= 0.3 is 0 Å². The van der Waals surface area contributed by atoms with Crippen LogP contribution in [0.15, 0.2) is 0 Å². The van der Waals surface area contributed by atoms with Gasteiger partial charge < -0.3 is 9.64 Å². The van der Waals surface area contributed by atoms with Gasteiger partial charge in [0.15, 0.2) is 0 Å². The monoisotopic (exact) mass is 231 g/mol. The molecule has 0 rings (SSSR count). The fourth-order valence-electron chi connectivity index (χ4n) is 1.10. The van der Waals surface area contributed by atoms with E-state index < -0.39 is 0 Å². The van der Waals surface area contributed by atoms with Crippen molar-refractivity contribution >= 4 is 5.91 Å². The zero-order valence-electron chi connectivity index (χ0n) is 11.9. The average Bonchev–Trinajstić information content (AvgIpc) is 2.30. The molecule has 16 heavy (non-hydrogen) atoms. The molecule has 3 heteroatoms. The van der Waals surface area contributed by atoms with Crippen molar-refractivity contribution in [2.75, 3.05) is 26.8 Å². The molecule has 0 atom stereocenters. The molecule has 3 nitrogen and oxygen atoms in total. The van der Waals surface area contributed by atoms with Crippen LogP contribution in [0.4, 0.5) is 0 Å². The summed E-state index contributed by atoms with van der Waals surface area (Å²) in [6.45, 7) is 12.1. The first-order chi connectivity index (χ1) is 7.59. The third-order valence-corrected chi connectivity index (χ3v) is 2.08. The first-order valence-corrected chi connectivity index (χ1v) is 6.42. The molecule has 0 bridgehead atoms. The number of carbonyl (C=O) groups excluding carboxylic acids is 1. The van der Waals surface area contributed by atoms with Crippen molar-refractivity contribution in [2.24, 2.45) is 5.92 Å². The van der Waals surface area contributed by atoms with E-state index in [0.29, 0.717) is 13.2 Å². The Kier molecular flexibility index (Phi) is 13.9. The van der Waals surface area contributed by atoms with Gasteiger partial charge in [0.05, 0.1) is 6.61 Å². The number of hydrogen-bond acceptors (Lipinski definition) is 2. The van der Waals surface area contributed by atoms with E-state index in [1.54, 1.807) is 4.90 Å². The Morgan fingerprint density at radius 3 is 2.25 bits per heavy atom. The molecular formula is C13H29NO2. The van der Waals surface area contributed by atoms with Crippen molar-refractivity contribution in [2.45, 2.75) is 47.5 Å². The van der Waals surface area contributed by atoms with E-state index in [-0.39, 0.29) is 11.8 Å². The standard InChI is InChI=1S/C11H23NO2.C2H6/c1-5-6-8-14-9-7-12(4)11(13)10(2)3;1-2/h10H,5-9H2,1-4H3;1-2H3. The molecular weight excluding hydrogens is 202 g/mol. The van der Waals surface area contributed by atoms with Crippen molar-refractivity contribution in [3.05, 3.63) is 0 Å². The molecule has 0 saturated heterocycles. The molecule has 0 aliphatic heterocycles. The molecule has 0 fully saturated rings. The van der Waals surface area contributed by atoms with E-state index in [2.05, 4.69) is 6.92 Å². The Balaban J connectivity index is 0. The number of hydrogen-bond donors (Lipinski definition) is 0. The highest BCUT2D eigenvalue weighted by Crippen LogP contribution is 1.98. The van der Waals surface area contributed by atoms with Crippen LogP contribution in [0, 0.1) is 5.92 Å². The van der Waals surface area contributed by atoms with Crippen molar-refractivity contribution in [1.29, 1.82) is 0 Å². The summed E-state index contributed by atoms with van der Waals surface area (Å²) in [5.41, 5.74) is 0. The molecule has 0 radical (unpaired) electrons. The van der Waals surface area contributed by atoms with Crippen LogP contribution < -0.4 is 0 Å². The Hall–Kier alpha value is -0.570. The van der Waals surface area contributed by atoms with Gasteiger partial charge in [-0.05, 0) is 6.42 Å². The van der Waals surface area contributed by atoms with Gasteiger partial charge in [-0.1, -0.05) is 41.0 Å². The van der Waals surface area contributed by atoms with Crippen molar-refractivity contribution in [1.82, 2.24) is 4.90 Å². The summed E-state index contributed by atoms with van der Waals surface area (Å²) in [7, 11) is 1.82. The summed E-state index contributed by atoms with van der Waals surface area (Å²) >= 11 is 0. The summed E-state index contributed by atoms with van der Waals surface area (Å²) < 4.78 is 5.38. The second-order valence-electron chi connectivity index (χ2n) is 3.88. The molecule has 0 aromatic carbocycles. The number of unbranched alkanes of at least 4 members (excludes halogenated alkanes) is 1. The lowest BCUT2D eigenvalue weighted by molar-refractivity contribution is -0.133. The van der Waals surface area contributed by atoms with Crippen LogP contribution >= 0.6 is 0 Å². The van der Waals surface area contributed by atoms with E-state index in [0.717, 1.165) is 19.4 Å². The number of likely N-dealkylation sites (N-methyl/N-ethyl adjacent to an activating group) is 1. The molecule has 0 aromatic rings. The largest absolute Gasteiger partial charge is 0.380 e. The van der Waals surface area contributed by atoms with Crippen molar-refractivity contribution in [3.63, 3.8) is 0 Å². The first kappa shape index (κ1) is 17.8. The predicted octanol–water partition coefficient (Wildman–Crippen LogP) is 2.94. The van der Waals surface area contributed by atoms with Gasteiger partial charge in [0.25, 0.3) is 0 Å². The second-order valence-corrected chi connectivity index (χ2v) is 3.88. The number of ether oxygens (including phenoxy) is 1. The molecule has 0 aliphatic carbocycles. The Labute approximate surface area is 101 Å².